The molecule has 122 valence electrons. The van der Waals surface area contributed by atoms with E-state index in [0.717, 1.165) is 43.8 Å². The van der Waals surface area contributed by atoms with Gasteiger partial charge in [-0.15, -0.1) is 0 Å². The number of carboxylic acids is 1. The van der Waals surface area contributed by atoms with Gasteiger partial charge in [0.25, 0.3) is 0 Å². The Morgan fingerprint density at radius 3 is 2.67 bits per heavy atom. The normalized spacial score (nSPS) is 30.8. The van der Waals surface area contributed by atoms with E-state index in [1.165, 1.54) is 25.7 Å². The highest BCUT2D eigenvalue weighted by Crippen LogP contribution is 2.48. The van der Waals surface area contributed by atoms with Crippen LogP contribution in [0.25, 0.3) is 0 Å². The van der Waals surface area contributed by atoms with E-state index in [0.29, 0.717) is 6.42 Å². The van der Waals surface area contributed by atoms with Crippen molar-refractivity contribution in [3.8, 4) is 0 Å². The van der Waals surface area contributed by atoms with Crippen molar-refractivity contribution in [1.29, 1.82) is 0 Å². The molecule has 4 unspecified atom stereocenters. The second-order valence-electron chi connectivity index (χ2n) is 7.51. The zero-order valence-electron chi connectivity index (χ0n) is 13.9. The van der Waals surface area contributed by atoms with Crippen LogP contribution in [0.2, 0.25) is 0 Å². The standard InChI is InChI=1S/C17H32N2O2/c1-4-8-18-17(2,16(20)21)7-9-19(3)12-15-11-13-5-6-14(15)10-13/h13-15,18H,4-12H2,1-3H3,(H,20,21). The monoisotopic (exact) mass is 296 g/mol. The number of rotatable bonds is 9. The first-order chi connectivity index (χ1) is 9.94. The van der Waals surface area contributed by atoms with Crippen LogP contribution >= 0.6 is 0 Å². The fraction of sp³-hybridized carbons (Fsp3) is 0.941. The molecule has 0 heterocycles. The third-order valence-electron chi connectivity index (χ3n) is 5.66. The molecule has 0 aliphatic heterocycles. The molecule has 0 aromatic heterocycles. The van der Waals surface area contributed by atoms with Crippen molar-refractivity contribution >= 4 is 5.97 Å². The average Bonchev–Trinajstić information content (AvgIpc) is 3.05. The Kier molecular flexibility index (Phi) is 5.67. The Balaban J connectivity index is 1.76. The van der Waals surface area contributed by atoms with Gasteiger partial charge in [-0.2, -0.15) is 0 Å². The van der Waals surface area contributed by atoms with Gasteiger partial charge >= 0.3 is 5.97 Å². The molecular formula is C17H32N2O2. The molecule has 2 saturated carbocycles. The highest BCUT2D eigenvalue weighted by molar-refractivity contribution is 5.78. The molecule has 2 aliphatic rings. The lowest BCUT2D eigenvalue weighted by Gasteiger charge is -2.31. The number of nitrogens with one attached hydrogen (secondary N) is 1. The number of aliphatic carboxylic acids is 1. The molecule has 4 heteroatoms. The van der Waals surface area contributed by atoms with E-state index in [1.54, 1.807) is 0 Å². The van der Waals surface area contributed by atoms with Crippen LogP contribution in [0.1, 0.15) is 52.4 Å². The van der Waals surface area contributed by atoms with E-state index in [4.69, 9.17) is 0 Å². The van der Waals surface area contributed by atoms with Crippen LogP contribution in [0.3, 0.4) is 0 Å². The highest BCUT2D eigenvalue weighted by atomic mass is 16.4. The SMILES string of the molecule is CCCNC(C)(CCN(C)CC1CC2CCC1C2)C(=O)O. The average molecular weight is 296 g/mol. The lowest BCUT2D eigenvalue weighted by Crippen LogP contribution is -2.51. The molecule has 2 bridgehead atoms. The predicted molar refractivity (Wildman–Crippen MR) is 85.4 cm³/mol. The van der Waals surface area contributed by atoms with Crippen LogP contribution in [0.4, 0.5) is 0 Å². The third-order valence-corrected chi connectivity index (χ3v) is 5.66. The Morgan fingerprint density at radius 2 is 2.14 bits per heavy atom. The van der Waals surface area contributed by atoms with Gasteiger partial charge in [0, 0.05) is 13.1 Å². The molecule has 0 amide bonds. The molecule has 4 nitrogen and oxygen atoms in total. The van der Waals surface area contributed by atoms with Gasteiger partial charge in [-0.1, -0.05) is 13.3 Å². The van der Waals surface area contributed by atoms with Crippen molar-refractivity contribution in [2.75, 3.05) is 26.7 Å². The summed E-state index contributed by atoms with van der Waals surface area (Å²) in [6.45, 7) is 6.64. The van der Waals surface area contributed by atoms with Crippen molar-refractivity contribution in [2.24, 2.45) is 17.8 Å². The summed E-state index contributed by atoms with van der Waals surface area (Å²) in [5, 5.41) is 12.7. The van der Waals surface area contributed by atoms with Crippen molar-refractivity contribution in [3.63, 3.8) is 0 Å². The van der Waals surface area contributed by atoms with E-state index in [9.17, 15) is 9.90 Å². The second-order valence-corrected chi connectivity index (χ2v) is 7.51. The number of hydrogen-bond donors (Lipinski definition) is 2. The Hall–Kier alpha value is -0.610. The van der Waals surface area contributed by atoms with Crippen LogP contribution in [-0.2, 0) is 4.79 Å². The van der Waals surface area contributed by atoms with Crippen LogP contribution in [0.15, 0.2) is 0 Å². The Morgan fingerprint density at radius 1 is 1.38 bits per heavy atom. The van der Waals surface area contributed by atoms with Gasteiger partial charge in [-0.05, 0) is 70.4 Å². The maximum Gasteiger partial charge on any atom is 0.323 e. The number of carboxylic acid groups (broad SMARTS) is 1. The van der Waals surface area contributed by atoms with E-state index < -0.39 is 11.5 Å². The van der Waals surface area contributed by atoms with Gasteiger partial charge in [-0.3, -0.25) is 4.79 Å². The van der Waals surface area contributed by atoms with Crippen molar-refractivity contribution in [3.05, 3.63) is 0 Å². The molecule has 2 fully saturated rings. The highest BCUT2D eigenvalue weighted by Gasteiger charge is 2.40. The van der Waals surface area contributed by atoms with E-state index in [1.807, 2.05) is 6.92 Å². The van der Waals surface area contributed by atoms with Gasteiger partial charge < -0.3 is 15.3 Å². The molecular weight excluding hydrogens is 264 g/mol. The molecule has 0 aromatic rings. The number of hydrogen-bond acceptors (Lipinski definition) is 3. The zero-order chi connectivity index (χ0) is 15.5. The quantitative estimate of drug-likeness (QED) is 0.687. The Bertz CT molecular complexity index is 361. The maximum absolute atomic E-state index is 11.5. The van der Waals surface area contributed by atoms with Gasteiger partial charge in [0.1, 0.15) is 5.54 Å². The van der Waals surface area contributed by atoms with Gasteiger partial charge in [0.05, 0.1) is 0 Å². The largest absolute Gasteiger partial charge is 0.480 e. The van der Waals surface area contributed by atoms with Crippen molar-refractivity contribution in [2.45, 2.75) is 57.9 Å². The molecule has 0 radical (unpaired) electrons. The molecule has 0 spiro atoms. The minimum Gasteiger partial charge on any atom is -0.480 e. The summed E-state index contributed by atoms with van der Waals surface area (Å²) in [7, 11) is 2.15. The lowest BCUT2D eigenvalue weighted by molar-refractivity contribution is -0.144. The predicted octanol–water partition coefficient (Wildman–Crippen LogP) is 2.59. The summed E-state index contributed by atoms with van der Waals surface area (Å²) in [5.74, 6) is 2.06. The van der Waals surface area contributed by atoms with Gasteiger partial charge in [-0.25, -0.2) is 0 Å². The van der Waals surface area contributed by atoms with Crippen LogP contribution in [0.5, 0.6) is 0 Å². The molecule has 2 N–H and O–H groups in total. The zero-order valence-corrected chi connectivity index (χ0v) is 13.9. The summed E-state index contributed by atoms with van der Waals surface area (Å²) in [6, 6.07) is 0. The Labute approximate surface area is 129 Å². The van der Waals surface area contributed by atoms with E-state index in [-0.39, 0.29) is 0 Å². The lowest BCUT2D eigenvalue weighted by atomic mass is 9.88. The van der Waals surface area contributed by atoms with E-state index in [2.05, 4.69) is 24.2 Å². The van der Waals surface area contributed by atoms with Gasteiger partial charge in [0.2, 0.25) is 0 Å². The summed E-state index contributed by atoms with van der Waals surface area (Å²) in [4.78, 5) is 13.9. The first kappa shape index (κ1) is 16.8. The van der Waals surface area contributed by atoms with Crippen molar-refractivity contribution in [1.82, 2.24) is 10.2 Å². The number of fused-ring (bicyclic) bond motifs is 2. The minimum absolute atomic E-state index is 0.666. The van der Waals surface area contributed by atoms with Gasteiger partial charge in [0.15, 0.2) is 0 Å². The number of nitrogens with zero attached hydrogens (tertiary/aromatic N) is 1. The summed E-state index contributed by atoms with van der Waals surface area (Å²) in [6.07, 6.45) is 7.35. The van der Waals surface area contributed by atoms with Crippen LogP contribution < -0.4 is 5.32 Å². The fourth-order valence-electron chi connectivity index (χ4n) is 4.18. The molecule has 0 saturated heterocycles. The van der Waals surface area contributed by atoms with Crippen molar-refractivity contribution < 1.29 is 9.90 Å². The number of carbonyl (C=O) groups is 1. The second kappa shape index (κ2) is 7.10. The minimum atomic E-state index is -0.793. The first-order valence-corrected chi connectivity index (χ1v) is 8.61. The third kappa shape index (κ3) is 4.19. The summed E-state index contributed by atoms with van der Waals surface area (Å²) < 4.78 is 0. The molecule has 21 heavy (non-hydrogen) atoms. The van der Waals surface area contributed by atoms with Crippen LogP contribution in [0, 0.1) is 17.8 Å². The van der Waals surface area contributed by atoms with Crippen LogP contribution in [-0.4, -0.2) is 48.2 Å². The molecule has 4 atom stereocenters. The molecule has 2 aliphatic carbocycles. The summed E-state index contributed by atoms with van der Waals surface area (Å²) in [5.41, 5.74) is -0.793. The van der Waals surface area contributed by atoms with E-state index >= 15 is 0 Å². The topological polar surface area (TPSA) is 52.6 Å². The maximum atomic E-state index is 11.5. The smallest absolute Gasteiger partial charge is 0.323 e. The molecule has 0 aromatic carbocycles. The molecule has 2 rings (SSSR count). The fourth-order valence-corrected chi connectivity index (χ4v) is 4.18. The first-order valence-electron chi connectivity index (χ1n) is 8.61. The summed E-state index contributed by atoms with van der Waals surface area (Å²) >= 11 is 0.